The van der Waals surface area contributed by atoms with E-state index in [1.54, 1.807) is 0 Å². The van der Waals surface area contributed by atoms with Crippen LogP contribution in [0.5, 0.6) is 0 Å². The second-order valence-electron chi connectivity index (χ2n) is 11.7. The Morgan fingerprint density at radius 2 is 0.884 bits per heavy atom. The molecule has 0 bridgehead atoms. The third-order valence-corrected chi connectivity index (χ3v) is 12.2. The van der Waals surface area contributed by atoms with Gasteiger partial charge in [-0.1, -0.05) is 140 Å². The summed E-state index contributed by atoms with van der Waals surface area (Å²) in [4.78, 5) is 15.1. The average Bonchev–Trinajstić information content (AvgIpc) is 3.29. The van der Waals surface area contributed by atoms with E-state index in [-0.39, 0.29) is 0 Å². The number of benzene rings is 6. The van der Waals surface area contributed by atoms with Gasteiger partial charge in [-0.25, -0.2) is 15.0 Å². The molecule has 1 aromatic heterocycles. The quantitative estimate of drug-likeness (QED) is 0.200. The summed E-state index contributed by atoms with van der Waals surface area (Å²) >= 11 is 0. The van der Waals surface area contributed by atoms with Gasteiger partial charge in [0.2, 0.25) is 0 Å². The van der Waals surface area contributed by atoms with Crippen molar-refractivity contribution >= 4 is 29.2 Å². The van der Waals surface area contributed by atoms with Gasteiger partial charge in [-0.2, -0.15) is 0 Å². The van der Waals surface area contributed by atoms with Gasteiger partial charge < -0.3 is 0 Å². The van der Waals surface area contributed by atoms with Gasteiger partial charge in [0, 0.05) is 16.7 Å². The van der Waals surface area contributed by atoms with Crippen molar-refractivity contribution in [1.29, 1.82) is 0 Å². The fourth-order valence-corrected chi connectivity index (χ4v) is 9.47. The second kappa shape index (κ2) is 9.97. The second-order valence-corrected chi connectivity index (χ2v) is 16.1. The number of nitrogens with zero attached hydrogens (tertiary/aromatic N) is 3. The van der Waals surface area contributed by atoms with E-state index in [1.165, 1.54) is 37.8 Å². The molecular weight excluding hydrogens is 539 g/mol. The van der Waals surface area contributed by atoms with Crippen LogP contribution < -0.4 is 10.4 Å². The number of hydrogen-bond acceptors (Lipinski definition) is 3. The molecule has 0 saturated carbocycles. The number of fused-ring (bicyclic) bond motifs is 4. The third kappa shape index (κ3) is 4.39. The Bertz CT molecular complexity index is 2150. The zero-order valence-corrected chi connectivity index (χ0v) is 25.1. The van der Waals surface area contributed by atoms with Crippen LogP contribution in [0.1, 0.15) is 0 Å². The Balaban J connectivity index is 1.28. The largest absolute Gasteiger partial charge is 0.208 e. The van der Waals surface area contributed by atoms with E-state index in [2.05, 4.69) is 128 Å². The molecule has 0 fully saturated rings. The molecule has 3 nitrogen and oxygen atoms in total. The Hall–Kier alpha value is -5.19. The van der Waals surface area contributed by atoms with Crippen molar-refractivity contribution in [3.8, 4) is 56.4 Å². The van der Waals surface area contributed by atoms with Crippen molar-refractivity contribution in [1.82, 2.24) is 15.0 Å². The summed E-state index contributed by atoms with van der Waals surface area (Å²) in [6, 6.07) is 49.4. The van der Waals surface area contributed by atoms with Crippen LogP contribution in [0.15, 0.2) is 140 Å². The molecule has 43 heavy (non-hydrogen) atoms. The average molecular weight is 568 g/mol. The number of rotatable bonds is 4. The summed E-state index contributed by atoms with van der Waals surface area (Å²) in [5.74, 6) is 2.05. The lowest BCUT2D eigenvalue weighted by Gasteiger charge is -2.19. The molecule has 0 radical (unpaired) electrons. The molecule has 204 valence electrons. The molecule has 4 heteroatoms. The summed E-state index contributed by atoms with van der Waals surface area (Å²) in [5.41, 5.74) is 7.98. The minimum Gasteiger partial charge on any atom is -0.208 e. The maximum Gasteiger partial charge on any atom is 0.164 e. The fraction of sp³-hybridized carbons (Fsp3) is 0.0513. The number of hydrogen-bond donors (Lipinski definition) is 0. The molecule has 1 aliphatic rings. The van der Waals surface area contributed by atoms with Crippen molar-refractivity contribution in [3.05, 3.63) is 140 Å². The zero-order valence-electron chi connectivity index (χ0n) is 24.1. The predicted octanol–water partition coefficient (Wildman–Crippen LogP) is 8.50. The van der Waals surface area contributed by atoms with Crippen LogP contribution in [0, 0.1) is 0 Å². The Morgan fingerprint density at radius 1 is 0.372 bits per heavy atom. The van der Waals surface area contributed by atoms with E-state index in [4.69, 9.17) is 15.0 Å². The molecule has 0 amide bonds. The van der Waals surface area contributed by atoms with Crippen LogP contribution in [0.3, 0.4) is 0 Å². The van der Waals surface area contributed by atoms with E-state index >= 15 is 0 Å². The van der Waals surface area contributed by atoms with Gasteiger partial charge in [-0.15, -0.1) is 0 Å². The molecule has 1 aliphatic heterocycles. The summed E-state index contributed by atoms with van der Waals surface area (Å²) in [7, 11) is -1.93. The minimum absolute atomic E-state index is 0.674. The van der Waals surface area contributed by atoms with Crippen LogP contribution in [0.2, 0.25) is 13.1 Å². The van der Waals surface area contributed by atoms with E-state index in [0.717, 1.165) is 22.3 Å². The van der Waals surface area contributed by atoms with E-state index in [9.17, 15) is 0 Å². The summed E-state index contributed by atoms with van der Waals surface area (Å²) in [5, 5.41) is 5.53. The summed E-state index contributed by atoms with van der Waals surface area (Å²) in [6.45, 7) is 4.92. The maximum absolute atomic E-state index is 5.09. The lowest BCUT2D eigenvalue weighted by atomic mass is 10.00. The van der Waals surface area contributed by atoms with Crippen molar-refractivity contribution in [2.24, 2.45) is 0 Å². The normalized spacial score (nSPS) is 13.1. The van der Waals surface area contributed by atoms with Crippen molar-refractivity contribution in [2.75, 3.05) is 0 Å². The highest BCUT2D eigenvalue weighted by Crippen LogP contribution is 2.34. The van der Waals surface area contributed by atoms with Gasteiger partial charge in [-0.05, 0) is 55.5 Å². The molecule has 2 heterocycles. The standard InChI is InChI=1S/C39H29N3Si/c1-43(2)35-25-32(20-21-33(35)34-23-29-16-9-10-17-30(29)24-36(34)43)39-41-37(27-14-7-4-8-15-27)40-38(42-39)31-19-11-18-28(22-31)26-12-5-3-6-13-26/h3-25H,1-2H3. The van der Waals surface area contributed by atoms with Gasteiger partial charge in [0.05, 0.1) is 0 Å². The van der Waals surface area contributed by atoms with Crippen LogP contribution >= 0.6 is 0 Å². The van der Waals surface area contributed by atoms with Gasteiger partial charge >= 0.3 is 0 Å². The number of aromatic nitrogens is 3. The Labute approximate surface area is 252 Å². The summed E-state index contributed by atoms with van der Waals surface area (Å²) in [6.07, 6.45) is 0. The minimum atomic E-state index is -1.93. The van der Waals surface area contributed by atoms with Gasteiger partial charge in [-0.3, -0.25) is 0 Å². The highest BCUT2D eigenvalue weighted by molar-refractivity contribution is 7.04. The first kappa shape index (κ1) is 25.5. The Morgan fingerprint density at radius 3 is 1.58 bits per heavy atom. The smallest absolute Gasteiger partial charge is 0.164 e. The van der Waals surface area contributed by atoms with Crippen LogP contribution in [0.25, 0.3) is 67.2 Å². The SMILES string of the molecule is C[Si]1(C)c2cc(-c3nc(-c4ccccc4)nc(-c4cccc(-c5ccccc5)c4)n3)ccc2-c2cc3ccccc3cc21. The molecule has 0 saturated heterocycles. The first-order chi connectivity index (χ1) is 21.0. The van der Waals surface area contributed by atoms with Crippen LogP contribution in [0.4, 0.5) is 0 Å². The molecule has 0 N–H and O–H groups in total. The van der Waals surface area contributed by atoms with Gasteiger partial charge in [0.15, 0.2) is 17.5 Å². The first-order valence-corrected chi connectivity index (χ1v) is 17.7. The molecule has 0 unspecified atom stereocenters. The monoisotopic (exact) mass is 567 g/mol. The van der Waals surface area contributed by atoms with Crippen molar-refractivity contribution < 1.29 is 0 Å². The zero-order chi connectivity index (χ0) is 29.0. The molecule has 0 spiro atoms. The topological polar surface area (TPSA) is 38.7 Å². The van der Waals surface area contributed by atoms with Gasteiger partial charge in [0.25, 0.3) is 0 Å². The van der Waals surface area contributed by atoms with E-state index < -0.39 is 8.07 Å². The predicted molar refractivity (Wildman–Crippen MR) is 181 cm³/mol. The van der Waals surface area contributed by atoms with Crippen LogP contribution in [-0.4, -0.2) is 23.0 Å². The lowest BCUT2D eigenvalue weighted by molar-refractivity contribution is 1.07. The van der Waals surface area contributed by atoms with Gasteiger partial charge in [0.1, 0.15) is 8.07 Å². The summed E-state index contributed by atoms with van der Waals surface area (Å²) < 4.78 is 0. The highest BCUT2D eigenvalue weighted by Gasteiger charge is 2.38. The molecule has 0 atom stereocenters. The third-order valence-electron chi connectivity index (χ3n) is 8.70. The molecule has 0 aliphatic carbocycles. The fourth-order valence-electron chi connectivity index (χ4n) is 6.38. The molecule has 6 aromatic carbocycles. The lowest BCUT2D eigenvalue weighted by Crippen LogP contribution is -2.49. The van der Waals surface area contributed by atoms with Crippen LogP contribution in [-0.2, 0) is 0 Å². The Kier molecular flexibility index (Phi) is 5.91. The molecule has 8 rings (SSSR count). The molecule has 7 aromatic rings. The van der Waals surface area contributed by atoms with Crippen molar-refractivity contribution in [3.63, 3.8) is 0 Å². The van der Waals surface area contributed by atoms with E-state index in [1.807, 2.05) is 24.3 Å². The first-order valence-electron chi connectivity index (χ1n) is 14.7. The van der Waals surface area contributed by atoms with E-state index in [0.29, 0.717) is 17.5 Å². The molecular formula is C39H29N3Si. The van der Waals surface area contributed by atoms with Crippen molar-refractivity contribution in [2.45, 2.75) is 13.1 Å². The maximum atomic E-state index is 5.09. The highest BCUT2D eigenvalue weighted by atomic mass is 28.3.